The van der Waals surface area contributed by atoms with E-state index in [-0.39, 0.29) is 5.69 Å². The lowest BCUT2D eigenvalue weighted by Gasteiger charge is -2.02. The van der Waals surface area contributed by atoms with Crippen LogP contribution >= 0.6 is 0 Å². The highest BCUT2D eigenvalue weighted by atomic mass is 16.1. The Hall–Kier alpha value is -2.36. The first kappa shape index (κ1) is 10.8. The molecular formula is C14H13N3O. The van der Waals surface area contributed by atoms with Gasteiger partial charge in [-0.1, -0.05) is 29.8 Å². The number of nitrogens with zero attached hydrogens (tertiary/aromatic N) is 2. The van der Waals surface area contributed by atoms with Crippen molar-refractivity contribution in [2.75, 3.05) is 0 Å². The molecule has 0 radical (unpaired) electrons. The fourth-order valence-electron chi connectivity index (χ4n) is 2.09. The Labute approximate surface area is 104 Å². The number of H-pyrrole nitrogens is 1. The third kappa shape index (κ3) is 1.62. The minimum Gasteiger partial charge on any atom is -0.304 e. The summed E-state index contributed by atoms with van der Waals surface area (Å²) in [4.78, 5) is 18.6. The van der Waals surface area contributed by atoms with E-state index in [1.165, 1.54) is 10.1 Å². The lowest BCUT2D eigenvalue weighted by molar-refractivity contribution is 0.879. The van der Waals surface area contributed by atoms with Gasteiger partial charge in [0.1, 0.15) is 0 Å². The second kappa shape index (κ2) is 3.84. The van der Waals surface area contributed by atoms with Crippen molar-refractivity contribution in [2.24, 2.45) is 7.05 Å². The molecule has 0 aliphatic carbocycles. The van der Waals surface area contributed by atoms with Crippen molar-refractivity contribution in [1.82, 2.24) is 14.5 Å². The molecule has 0 aliphatic heterocycles. The maximum absolute atomic E-state index is 11.5. The summed E-state index contributed by atoms with van der Waals surface area (Å²) in [6.07, 6.45) is 1.80. The van der Waals surface area contributed by atoms with E-state index < -0.39 is 0 Å². The number of imidazole rings is 1. The van der Waals surface area contributed by atoms with Gasteiger partial charge in [-0.3, -0.25) is 4.57 Å². The summed E-state index contributed by atoms with van der Waals surface area (Å²) in [5.74, 6) is 0. The topological polar surface area (TPSA) is 50.7 Å². The van der Waals surface area contributed by atoms with Gasteiger partial charge in [0.2, 0.25) is 0 Å². The lowest BCUT2D eigenvalue weighted by Crippen LogP contribution is -2.12. The third-order valence-electron chi connectivity index (χ3n) is 3.08. The molecule has 1 N–H and O–H groups in total. The number of aromatic nitrogens is 3. The lowest BCUT2D eigenvalue weighted by atomic mass is 10.1. The highest BCUT2D eigenvalue weighted by Crippen LogP contribution is 2.21. The number of rotatable bonds is 1. The molecule has 4 nitrogen and oxygen atoms in total. The van der Waals surface area contributed by atoms with Crippen LogP contribution < -0.4 is 5.69 Å². The van der Waals surface area contributed by atoms with Crippen molar-refractivity contribution < 1.29 is 0 Å². The van der Waals surface area contributed by atoms with Crippen LogP contribution in [0.25, 0.3) is 22.3 Å². The molecular weight excluding hydrogens is 226 g/mol. The Morgan fingerprint density at radius 1 is 1.22 bits per heavy atom. The van der Waals surface area contributed by atoms with Crippen LogP contribution in [0.5, 0.6) is 0 Å². The van der Waals surface area contributed by atoms with E-state index in [1.807, 2.05) is 18.2 Å². The zero-order valence-electron chi connectivity index (χ0n) is 10.3. The van der Waals surface area contributed by atoms with Gasteiger partial charge in [-0.05, 0) is 18.6 Å². The average molecular weight is 239 g/mol. The maximum Gasteiger partial charge on any atom is 0.327 e. The highest BCUT2D eigenvalue weighted by molar-refractivity contribution is 5.78. The summed E-state index contributed by atoms with van der Waals surface area (Å²) in [5, 5.41) is 0. The van der Waals surface area contributed by atoms with E-state index in [0.717, 1.165) is 16.6 Å². The fourth-order valence-corrected chi connectivity index (χ4v) is 2.09. The van der Waals surface area contributed by atoms with Crippen molar-refractivity contribution in [1.29, 1.82) is 0 Å². The van der Waals surface area contributed by atoms with Gasteiger partial charge in [-0.15, -0.1) is 0 Å². The van der Waals surface area contributed by atoms with Crippen LogP contribution in [0, 0.1) is 6.92 Å². The van der Waals surface area contributed by atoms with Gasteiger partial charge in [0, 0.05) is 18.8 Å². The number of fused-ring (bicyclic) bond motifs is 1. The Kier molecular flexibility index (Phi) is 2.30. The number of nitrogens with one attached hydrogen (secondary N) is 1. The fraction of sp³-hybridized carbons (Fsp3) is 0.143. The Morgan fingerprint density at radius 2 is 2.06 bits per heavy atom. The summed E-state index contributed by atoms with van der Waals surface area (Å²) >= 11 is 0. The molecule has 18 heavy (non-hydrogen) atoms. The van der Waals surface area contributed by atoms with Crippen LogP contribution in [0.1, 0.15) is 5.56 Å². The van der Waals surface area contributed by atoms with Gasteiger partial charge in [-0.25, -0.2) is 9.78 Å². The minimum atomic E-state index is -0.140. The van der Waals surface area contributed by atoms with Gasteiger partial charge in [-0.2, -0.15) is 0 Å². The molecule has 2 aromatic heterocycles. The van der Waals surface area contributed by atoms with E-state index >= 15 is 0 Å². The van der Waals surface area contributed by atoms with E-state index in [4.69, 9.17) is 0 Å². The molecule has 3 rings (SSSR count). The summed E-state index contributed by atoms with van der Waals surface area (Å²) in [5.41, 5.74) is 4.62. The maximum atomic E-state index is 11.5. The number of hydrogen-bond donors (Lipinski definition) is 1. The largest absolute Gasteiger partial charge is 0.327 e. The molecule has 0 aliphatic rings. The van der Waals surface area contributed by atoms with Crippen LogP contribution in [0.4, 0.5) is 0 Å². The molecule has 0 saturated carbocycles. The number of hydrogen-bond acceptors (Lipinski definition) is 2. The van der Waals surface area contributed by atoms with E-state index in [9.17, 15) is 4.79 Å². The predicted octanol–water partition coefficient (Wildman–Crippen LogP) is 2.24. The molecule has 0 saturated heterocycles. The van der Waals surface area contributed by atoms with Crippen LogP contribution in [-0.2, 0) is 7.05 Å². The number of aromatic amines is 1. The monoisotopic (exact) mass is 239 g/mol. The van der Waals surface area contributed by atoms with Gasteiger partial charge >= 0.3 is 5.69 Å². The zero-order valence-corrected chi connectivity index (χ0v) is 10.3. The molecule has 0 bridgehead atoms. The second-order valence-electron chi connectivity index (χ2n) is 4.45. The zero-order chi connectivity index (χ0) is 12.7. The average Bonchev–Trinajstić information content (AvgIpc) is 2.65. The molecule has 2 heterocycles. The van der Waals surface area contributed by atoms with E-state index in [0.29, 0.717) is 5.65 Å². The molecule has 1 aromatic carbocycles. The minimum absolute atomic E-state index is 0.140. The molecule has 0 amide bonds. The highest BCUT2D eigenvalue weighted by Gasteiger charge is 2.06. The van der Waals surface area contributed by atoms with E-state index in [2.05, 4.69) is 29.0 Å². The van der Waals surface area contributed by atoms with Crippen LogP contribution in [0.2, 0.25) is 0 Å². The SMILES string of the molecule is Cc1cccc(-c2cnc3c(c2)[nH]c(=O)n3C)c1. The molecule has 0 spiro atoms. The smallest absolute Gasteiger partial charge is 0.304 e. The van der Waals surface area contributed by atoms with Crippen molar-refractivity contribution in [2.45, 2.75) is 6.92 Å². The van der Waals surface area contributed by atoms with Gasteiger partial charge in [0.25, 0.3) is 0 Å². The summed E-state index contributed by atoms with van der Waals surface area (Å²) < 4.78 is 1.51. The summed E-state index contributed by atoms with van der Waals surface area (Å²) in [7, 11) is 1.71. The van der Waals surface area contributed by atoms with Crippen molar-refractivity contribution in [3.8, 4) is 11.1 Å². The standard InChI is InChI=1S/C14H13N3O/c1-9-4-3-5-10(6-9)11-7-12-13(15-8-11)17(2)14(18)16-12/h3-8H,1-2H3,(H,16,18). The van der Waals surface area contributed by atoms with Gasteiger partial charge in [0.15, 0.2) is 5.65 Å². The molecule has 4 heteroatoms. The molecule has 0 atom stereocenters. The van der Waals surface area contributed by atoms with Crippen LogP contribution in [0.15, 0.2) is 41.3 Å². The second-order valence-corrected chi connectivity index (χ2v) is 4.45. The van der Waals surface area contributed by atoms with Crippen LogP contribution in [-0.4, -0.2) is 14.5 Å². The quantitative estimate of drug-likeness (QED) is 0.708. The van der Waals surface area contributed by atoms with Gasteiger partial charge in [0.05, 0.1) is 5.52 Å². The van der Waals surface area contributed by atoms with E-state index in [1.54, 1.807) is 13.2 Å². The first-order valence-corrected chi connectivity index (χ1v) is 5.77. The first-order valence-electron chi connectivity index (χ1n) is 5.77. The first-order chi connectivity index (χ1) is 8.65. The summed E-state index contributed by atoms with van der Waals surface area (Å²) in [6.45, 7) is 2.06. The molecule has 90 valence electrons. The van der Waals surface area contributed by atoms with Crippen molar-refractivity contribution in [3.63, 3.8) is 0 Å². The van der Waals surface area contributed by atoms with Crippen LogP contribution in [0.3, 0.4) is 0 Å². The Bertz CT molecular complexity index is 783. The Morgan fingerprint density at radius 3 is 2.83 bits per heavy atom. The Balaban J connectivity index is 2.22. The van der Waals surface area contributed by atoms with Crippen molar-refractivity contribution in [3.05, 3.63) is 52.6 Å². The molecule has 3 aromatic rings. The number of benzene rings is 1. The molecule has 0 fully saturated rings. The van der Waals surface area contributed by atoms with Gasteiger partial charge < -0.3 is 4.98 Å². The number of aryl methyl sites for hydroxylation is 2. The number of pyridine rings is 1. The third-order valence-corrected chi connectivity index (χ3v) is 3.08. The predicted molar refractivity (Wildman–Crippen MR) is 71.5 cm³/mol. The molecule has 0 unspecified atom stereocenters. The normalized spacial score (nSPS) is 11.0. The van der Waals surface area contributed by atoms with Crippen molar-refractivity contribution >= 4 is 11.2 Å². The summed E-state index contributed by atoms with van der Waals surface area (Å²) in [6, 6.07) is 10.2.